The highest BCUT2D eigenvalue weighted by Gasteiger charge is 2.27. The van der Waals surface area contributed by atoms with Crippen molar-refractivity contribution in [2.45, 2.75) is 6.61 Å². The Balaban J connectivity index is 0.00000253. The van der Waals surface area contributed by atoms with Crippen LogP contribution in [0.15, 0.2) is 88.4 Å². The molecule has 2 N–H and O–H groups in total. The molecule has 12 heteroatoms. The molecule has 2 aromatic heterocycles. The van der Waals surface area contributed by atoms with E-state index in [1.165, 1.54) is 25.9 Å². The van der Waals surface area contributed by atoms with Crippen LogP contribution in [0, 0.1) is 0 Å². The maximum atomic E-state index is 14.2. The number of benzene rings is 3. The van der Waals surface area contributed by atoms with Crippen LogP contribution in [0.25, 0.3) is 27.6 Å². The van der Waals surface area contributed by atoms with E-state index in [0.717, 1.165) is 5.56 Å². The average molecular weight is 689 g/mol. The van der Waals surface area contributed by atoms with Gasteiger partial charge in [-0.2, -0.15) is 0 Å². The fourth-order valence-corrected chi connectivity index (χ4v) is 5.14. The van der Waals surface area contributed by atoms with Crippen LogP contribution in [-0.4, -0.2) is 36.8 Å². The van der Waals surface area contributed by atoms with Crippen LogP contribution in [0.4, 0.5) is 5.69 Å². The predicted molar refractivity (Wildman–Crippen MR) is 175 cm³/mol. The number of nitrogens with two attached hydrogens (primary N) is 1. The number of aromatic nitrogens is 2. The fraction of sp³-hybridized carbons (Fsp3) is 0.129. The minimum Gasteiger partial charge on any atom is -0.495 e. The minimum atomic E-state index is -0.700. The first-order chi connectivity index (χ1) is 19.9. The summed E-state index contributed by atoms with van der Waals surface area (Å²) in [6, 6.07) is 19.1. The highest BCUT2D eigenvalue weighted by Crippen LogP contribution is 2.42. The SMILES string of the molecule is COC(=O)c1c(-c2cc(OC)c(Br)c(OC)c2)c2ccc(OCc3cccnc3)cc2c(=O)n1-c1ccc(N)cc1.Cl.Cl. The number of anilines is 1. The van der Waals surface area contributed by atoms with Gasteiger partial charge in [-0.25, -0.2) is 4.79 Å². The summed E-state index contributed by atoms with van der Waals surface area (Å²) >= 11 is 3.51. The summed E-state index contributed by atoms with van der Waals surface area (Å²) in [6.45, 7) is 0.264. The molecule has 5 rings (SSSR count). The van der Waals surface area contributed by atoms with Crippen molar-refractivity contribution in [3.8, 4) is 34.1 Å². The number of hydrogen-bond donors (Lipinski definition) is 1. The number of fused-ring (bicyclic) bond motifs is 1. The summed E-state index contributed by atoms with van der Waals surface area (Å²) in [4.78, 5) is 31.7. The Hall–Kier alpha value is -4.25. The fourth-order valence-electron chi connectivity index (χ4n) is 4.59. The van der Waals surface area contributed by atoms with Gasteiger partial charge in [0.1, 0.15) is 34.0 Å². The second-order valence-corrected chi connectivity index (χ2v) is 9.79. The van der Waals surface area contributed by atoms with E-state index >= 15 is 0 Å². The van der Waals surface area contributed by atoms with E-state index in [9.17, 15) is 9.59 Å². The molecule has 3 aromatic carbocycles. The standard InChI is InChI=1S/C31H26BrN3O6.2ClH/c1-38-25-13-19(14-26(39-2)28(25)32)27-23-11-10-22(41-17-18-5-4-12-34-16-18)15-24(23)30(36)35(29(27)31(37)40-3)21-8-6-20(33)7-9-21;;/h4-16H,17,33H2,1-3H3;2*1H. The Bertz CT molecular complexity index is 1790. The average Bonchev–Trinajstić information content (AvgIpc) is 3.01. The zero-order valence-corrected chi connectivity index (χ0v) is 26.5. The van der Waals surface area contributed by atoms with Crippen LogP contribution >= 0.6 is 40.7 Å². The number of halogens is 3. The van der Waals surface area contributed by atoms with E-state index in [1.807, 2.05) is 12.1 Å². The number of esters is 1. The second kappa shape index (κ2) is 14.3. The third kappa shape index (κ3) is 6.56. The molecule has 0 saturated heterocycles. The van der Waals surface area contributed by atoms with Crippen molar-refractivity contribution in [2.24, 2.45) is 0 Å². The number of carbonyl (C=O) groups is 1. The summed E-state index contributed by atoms with van der Waals surface area (Å²) in [5.41, 5.74) is 8.37. The van der Waals surface area contributed by atoms with Crippen LogP contribution in [-0.2, 0) is 11.3 Å². The van der Waals surface area contributed by atoms with Gasteiger partial charge in [0.15, 0.2) is 0 Å². The maximum Gasteiger partial charge on any atom is 0.355 e. The van der Waals surface area contributed by atoms with Crippen LogP contribution in [0.3, 0.4) is 0 Å². The Morgan fingerprint density at radius 2 is 1.60 bits per heavy atom. The maximum absolute atomic E-state index is 14.2. The zero-order valence-electron chi connectivity index (χ0n) is 23.3. The van der Waals surface area contributed by atoms with Crippen molar-refractivity contribution in [1.29, 1.82) is 0 Å². The molecule has 43 heavy (non-hydrogen) atoms. The summed E-state index contributed by atoms with van der Waals surface area (Å²) < 4.78 is 24.3. The topological polar surface area (TPSA) is 115 Å². The molecule has 0 aliphatic heterocycles. The third-order valence-corrected chi connectivity index (χ3v) is 7.33. The van der Waals surface area contributed by atoms with E-state index in [2.05, 4.69) is 20.9 Å². The molecule has 0 saturated carbocycles. The third-order valence-electron chi connectivity index (χ3n) is 6.55. The van der Waals surface area contributed by atoms with Gasteiger partial charge in [-0.1, -0.05) is 6.07 Å². The molecule has 0 radical (unpaired) electrons. The first kappa shape index (κ1) is 33.3. The van der Waals surface area contributed by atoms with Crippen molar-refractivity contribution in [3.63, 3.8) is 0 Å². The largest absolute Gasteiger partial charge is 0.495 e. The second-order valence-electron chi connectivity index (χ2n) is 9.00. The predicted octanol–water partition coefficient (Wildman–Crippen LogP) is 6.62. The van der Waals surface area contributed by atoms with Crippen molar-refractivity contribution in [2.75, 3.05) is 27.1 Å². The molecule has 0 aliphatic carbocycles. The Labute approximate surface area is 268 Å². The number of hydrogen-bond acceptors (Lipinski definition) is 8. The van der Waals surface area contributed by atoms with E-state index in [-0.39, 0.29) is 37.1 Å². The quantitative estimate of drug-likeness (QED) is 0.143. The smallest absolute Gasteiger partial charge is 0.355 e. The molecule has 0 atom stereocenters. The molecule has 0 bridgehead atoms. The van der Waals surface area contributed by atoms with Gasteiger partial charge in [0, 0.05) is 34.9 Å². The van der Waals surface area contributed by atoms with Crippen LogP contribution in [0.2, 0.25) is 0 Å². The number of carbonyl (C=O) groups excluding carboxylic acids is 1. The Morgan fingerprint density at radius 1 is 0.930 bits per heavy atom. The van der Waals surface area contributed by atoms with Gasteiger partial charge >= 0.3 is 5.97 Å². The molecular formula is C31H28BrCl2N3O6. The van der Waals surface area contributed by atoms with Crippen LogP contribution in [0.5, 0.6) is 17.2 Å². The summed E-state index contributed by atoms with van der Waals surface area (Å²) in [6.07, 6.45) is 3.40. The van der Waals surface area contributed by atoms with E-state index in [1.54, 1.807) is 67.0 Å². The summed E-state index contributed by atoms with van der Waals surface area (Å²) in [5.74, 6) is 0.730. The Morgan fingerprint density at radius 3 is 2.19 bits per heavy atom. The summed E-state index contributed by atoms with van der Waals surface area (Å²) in [5, 5.41) is 0.844. The molecule has 0 aliphatic rings. The van der Waals surface area contributed by atoms with Gasteiger partial charge in [0.2, 0.25) is 0 Å². The van der Waals surface area contributed by atoms with Crippen molar-refractivity contribution in [3.05, 3.63) is 105 Å². The van der Waals surface area contributed by atoms with Gasteiger partial charge in [0.25, 0.3) is 5.56 Å². The number of rotatable bonds is 8. The zero-order chi connectivity index (χ0) is 29.1. The first-order valence-electron chi connectivity index (χ1n) is 12.5. The van der Waals surface area contributed by atoms with Gasteiger partial charge < -0.3 is 24.7 Å². The lowest BCUT2D eigenvalue weighted by molar-refractivity contribution is 0.0591. The molecule has 5 aromatic rings. The first-order valence-corrected chi connectivity index (χ1v) is 13.3. The molecule has 0 fully saturated rings. The lowest BCUT2D eigenvalue weighted by atomic mass is 9.95. The number of methoxy groups -OCH3 is 3. The molecule has 9 nitrogen and oxygen atoms in total. The number of nitrogen functional groups attached to an aromatic ring is 1. The lowest BCUT2D eigenvalue weighted by Gasteiger charge is -2.20. The van der Waals surface area contributed by atoms with E-state index < -0.39 is 11.5 Å². The molecule has 0 unspecified atom stereocenters. The van der Waals surface area contributed by atoms with Gasteiger partial charge in [0.05, 0.1) is 26.7 Å². The normalized spacial score (nSPS) is 10.3. The van der Waals surface area contributed by atoms with Crippen molar-refractivity contribution in [1.82, 2.24) is 9.55 Å². The van der Waals surface area contributed by atoms with Crippen molar-refractivity contribution < 1.29 is 23.7 Å². The van der Waals surface area contributed by atoms with Crippen LogP contribution < -0.4 is 25.5 Å². The van der Waals surface area contributed by atoms with Gasteiger partial charge in [-0.05, 0) is 87.5 Å². The monoisotopic (exact) mass is 687 g/mol. The van der Waals surface area contributed by atoms with Crippen LogP contribution in [0.1, 0.15) is 16.1 Å². The van der Waals surface area contributed by atoms with E-state index in [4.69, 9.17) is 24.7 Å². The van der Waals surface area contributed by atoms with Crippen molar-refractivity contribution >= 4 is 63.2 Å². The van der Waals surface area contributed by atoms with Gasteiger partial charge in [-0.3, -0.25) is 14.3 Å². The number of pyridine rings is 2. The Kier molecular flexibility index (Phi) is 11.0. The highest BCUT2D eigenvalue weighted by atomic mass is 79.9. The molecule has 0 amide bonds. The van der Waals surface area contributed by atoms with E-state index in [0.29, 0.717) is 55.0 Å². The molecule has 224 valence electrons. The molecular weight excluding hydrogens is 661 g/mol. The molecule has 0 spiro atoms. The minimum absolute atomic E-state index is 0. The number of ether oxygens (including phenoxy) is 4. The number of nitrogens with zero attached hydrogens (tertiary/aromatic N) is 2. The molecule has 2 heterocycles. The lowest BCUT2D eigenvalue weighted by Crippen LogP contribution is -2.27. The highest BCUT2D eigenvalue weighted by molar-refractivity contribution is 9.10. The van der Waals surface area contributed by atoms with Gasteiger partial charge in [-0.15, -0.1) is 24.8 Å². The summed E-state index contributed by atoms with van der Waals surface area (Å²) in [7, 11) is 4.33.